The summed E-state index contributed by atoms with van der Waals surface area (Å²) in [5, 5.41) is 14.5. The summed E-state index contributed by atoms with van der Waals surface area (Å²) in [4.78, 5) is 13.9. The lowest BCUT2D eigenvalue weighted by atomic mass is 10.0. The number of amides is 1. The Morgan fingerprint density at radius 3 is 3.06 bits per heavy atom. The second-order valence-corrected chi connectivity index (χ2v) is 4.76. The number of nitriles is 1. The molecule has 0 aromatic rings. The Kier molecular flexibility index (Phi) is 7.38. The summed E-state index contributed by atoms with van der Waals surface area (Å²) in [7, 11) is 0. The van der Waals surface area contributed by atoms with Crippen LogP contribution in [0, 0.1) is 11.3 Å². The molecule has 1 unspecified atom stereocenters. The summed E-state index contributed by atoms with van der Waals surface area (Å²) >= 11 is 0. The molecule has 0 spiro atoms. The predicted molar refractivity (Wildman–Crippen MR) is 71.0 cm³/mol. The van der Waals surface area contributed by atoms with Crippen LogP contribution in [0.5, 0.6) is 0 Å². The molecule has 1 amide bonds. The molecule has 1 saturated heterocycles. The fraction of sp³-hybridized carbons (Fsp3) is 0.846. The van der Waals surface area contributed by atoms with E-state index in [0.29, 0.717) is 12.6 Å². The van der Waals surface area contributed by atoms with Crippen LogP contribution >= 0.6 is 0 Å². The minimum Gasteiger partial charge on any atom is -0.342 e. The van der Waals surface area contributed by atoms with Crippen LogP contribution in [-0.4, -0.2) is 49.6 Å². The van der Waals surface area contributed by atoms with E-state index < -0.39 is 0 Å². The van der Waals surface area contributed by atoms with Crippen LogP contribution in [0.3, 0.4) is 0 Å². The molecule has 1 aliphatic rings. The molecule has 0 saturated carbocycles. The largest absolute Gasteiger partial charge is 0.342 e. The molecule has 1 aliphatic heterocycles. The average Bonchev–Trinajstić information content (AvgIpc) is 2.38. The molecule has 0 aromatic heterocycles. The van der Waals surface area contributed by atoms with Crippen LogP contribution in [0.1, 0.15) is 32.6 Å². The van der Waals surface area contributed by atoms with Gasteiger partial charge in [0.1, 0.15) is 6.54 Å². The second-order valence-electron chi connectivity index (χ2n) is 4.76. The lowest BCUT2D eigenvalue weighted by Crippen LogP contribution is -2.49. The number of hydrogen-bond acceptors (Lipinski definition) is 4. The van der Waals surface area contributed by atoms with Gasteiger partial charge in [-0.25, -0.2) is 0 Å². The van der Waals surface area contributed by atoms with E-state index in [1.807, 2.05) is 6.07 Å². The number of carbonyl (C=O) groups excluding carboxylic acids is 1. The van der Waals surface area contributed by atoms with Gasteiger partial charge in [0.2, 0.25) is 5.91 Å². The van der Waals surface area contributed by atoms with Crippen molar-refractivity contribution in [2.45, 2.75) is 38.6 Å². The molecular weight excluding hydrogens is 228 g/mol. The molecule has 2 N–H and O–H groups in total. The maximum Gasteiger partial charge on any atom is 0.235 e. The van der Waals surface area contributed by atoms with Crippen LogP contribution in [0.4, 0.5) is 0 Å². The Labute approximate surface area is 110 Å². The van der Waals surface area contributed by atoms with Crippen molar-refractivity contribution in [1.29, 1.82) is 5.26 Å². The van der Waals surface area contributed by atoms with Crippen molar-refractivity contribution in [3.8, 4) is 6.07 Å². The summed E-state index contributed by atoms with van der Waals surface area (Å²) in [6.07, 6.45) is 4.70. The van der Waals surface area contributed by atoms with Gasteiger partial charge in [-0.05, 0) is 32.4 Å². The lowest BCUT2D eigenvalue weighted by molar-refractivity contribution is -0.122. The van der Waals surface area contributed by atoms with Gasteiger partial charge in [0.25, 0.3) is 0 Å². The van der Waals surface area contributed by atoms with Gasteiger partial charge in [-0.1, -0.05) is 13.3 Å². The summed E-state index contributed by atoms with van der Waals surface area (Å²) < 4.78 is 0. The van der Waals surface area contributed by atoms with Crippen molar-refractivity contribution >= 4 is 5.91 Å². The highest BCUT2D eigenvalue weighted by atomic mass is 16.2. The van der Waals surface area contributed by atoms with E-state index in [0.717, 1.165) is 38.9 Å². The Morgan fingerprint density at radius 1 is 1.50 bits per heavy atom. The van der Waals surface area contributed by atoms with E-state index in [1.54, 1.807) is 0 Å². The number of nitrogens with zero attached hydrogens (tertiary/aromatic N) is 2. The molecule has 0 radical (unpaired) electrons. The van der Waals surface area contributed by atoms with Crippen molar-refractivity contribution in [2.24, 2.45) is 0 Å². The third kappa shape index (κ3) is 5.48. The van der Waals surface area contributed by atoms with Gasteiger partial charge < -0.3 is 10.6 Å². The first kappa shape index (κ1) is 14.9. The maximum absolute atomic E-state index is 11.6. The Hall–Kier alpha value is -1.12. The summed E-state index contributed by atoms with van der Waals surface area (Å²) in [5.41, 5.74) is 0. The van der Waals surface area contributed by atoms with E-state index in [-0.39, 0.29) is 12.5 Å². The van der Waals surface area contributed by atoms with Gasteiger partial charge in [0.05, 0.1) is 12.6 Å². The molecular formula is C13H24N4O. The minimum atomic E-state index is -0.0426. The fourth-order valence-electron chi connectivity index (χ4n) is 2.32. The average molecular weight is 252 g/mol. The highest BCUT2D eigenvalue weighted by Gasteiger charge is 2.23. The number of nitrogens with one attached hydrogen (secondary N) is 2. The van der Waals surface area contributed by atoms with Gasteiger partial charge in [0, 0.05) is 12.6 Å². The van der Waals surface area contributed by atoms with E-state index in [9.17, 15) is 4.79 Å². The normalized spacial score (nSPS) is 20.3. The van der Waals surface area contributed by atoms with E-state index >= 15 is 0 Å². The first-order valence-corrected chi connectivity index (χ1v) is 6.86. The highest BCUT2D eigenvalue weighted by molar-refractivity contribution is 5.78. The topological polar surface area (TPSA) is 68.2 Å². The van der Waals surface area contributed by atoms with Crippen molar-refractivity contribution < 1.29 is 4.79 Å². The second kappa shape index (κ2) is 8.90. The van der Waals surface area contributed by atoms with Gasteiger partial charge >= 0.3 is 0 Å². The maximum atomic E-state index is 11.6. The fourth-order valence-corrected chi connectivity index (χ4v) is 2.32. The van der Waals surface area contributed by atoms with Gasteiger partial charge in [-0.15, -0.1) is 0 Å². The quantitative estimate of drug-likeness (QED) is 0.511. The summed E-state index contributed by atoms with van der Waals surface area (Å²) in [6, 6.07) is 2.38. The number of carbonyl (C=O) groups is 1. The molecule has 0 aliphatic carbocycles. The smallest absolute Gasteiger partial charge is 0.235 e. The zero-order valence-corrected chi connectivity index (χ0v) is 11.2. The molecule has 5 nitrogen and oxygen atoms in total. The van der Waals surface area contributed by atoms with Crippen molar-refractivity contribution in [3.05, 3.63) is 0 Å². The summed E-state index contributed by atoms with van der Waals surface area (Å²) in [5.74, 6) is -0.0426. The molecule has 1 atom stereocenters. The zero-order chi connectivity index (χ0) is 13.2. The standard InChI is InChI=1S/C13H24N4O/c1-2-7-15-10-12-5-3-4-9-17(12)11-13(18)16-8-6-14/h12,15H,2-5,7-11H2,1H3,(H,16,18). The lowest BCUT2D eigenvalue weighted by Gasteiger charge is -2.35. The molecule has 102 valence electrons. The third-order valence-corrected chi connectivity index (χ3v) is 3.27. The van der Waals surface area contributed by atoms with E-state index in [2.05, 4.69) is 22.5 Å². The van der Waals surface area contributed by atoms with Gasteiger partial charge in [0.15, 0.2) is 0 Å². The van der Waals surface area contributed by atoms with Crippen molar-refractivity contribution in [3.63, 3.8) is 0 Å². The zero-order valence-electron chi connectivity index (χ0n) is 11.2. The van der Waals surface area contributed by atoms with Crippen molar-refractivity contribution in [1.82, 2.24) is 15.5 Å². The third-order valence-electron chi connectivity index (χ3n) is 3.27. The molecule has 0 aromatic carbocycles. The Balaban J connectivity index is 2.34. The first-order valence-electron chi connectivity index (χ1n) is 6.86. The Bertz CT molecular complexity index is 287. The minimum absolute atomic E-state index is 0.0426. The number of piperidine rings is 1. The molecule has 1 fully saturated rings. The number of hydrogen-bond donors (Lipinski definition) is 2. The number of likely N-dealkylation sites (tertiary alicyclic amines) is 1. The molecule has 1 rings (SSSR count). The molecule has 0 bridgehead atoms. The van der Waals surface area contributed by atoms with Crippen LogP contribution in [-0.2, 0) is 4.79 Å². The Morgan fingerprint density at radius 2 is 2.33 bits per heavy atom. The van der Waals surface area contributed by atoms with Gasteiger partial charge in [-0.3, -0.25) is 9.69 Å². The first-order chi connectivity index (χ1) is 8.77. The number of rotatable bonds is 7. The monoisotopic (exact) mass is 252 g/mol. The van der Waals surface area contributed by atoms with Crippen molar-refractivity contribution in [2.75, 3.05) is 32.7 Å². The summed E-state index contributed by atoms with van der Waals surface area (Å²) in [6.45, 7) is 5.65. The van der Waals surface area contributed by atoms with Crippen LogP contribution in [0.15, 0.2) is 0 Å². The highest BCUT2D eigenvalue weighted by Crippen LogP contribution is 2.15. The van der Waals surface area contributed by atoms with E-state index in [1.165, 1.54) is 6.42 Å². The van der Waals surface area contributed by atoms with E-state index in [4.69, 9.17) is 5.26 Å². The van der Waals surface area contributed by atoms with Crippen LogP contribution < -0.4 is 10.6 Å². The van der Waals surface area contributed by atoms with Gasteiger partial charge in [-0.2, -0.15) is 5.26 Å². The molecule has 18 heavy (non-hydrogen) atoms. The molecule has 1 heterocycles. The van der Waals surface area contributed by atoms with Crippen LogP contribution in [0.25, 0.3) is 0 Å². The van der Waals surface area contributed by atoms with Crippen LogP contribution in [0.2, 0.25) is 0 Å². The predicted octanol–water partition coefficient (Wildman–Crippen LogP) is 0.480. The molecule has 5 heteroatoms. The SMILES string of the molecule is CCCNCC1CCCCN1CC(=O)NCC#N.